The number of nitrogens with zero attached hydrogens (tertiary/aromatic N) is 2. The number of nitro groups is 1. The first-order chi connectivity index (χ1) is 10.1. The number of piperazine rings is 1. The van der Waals surface area contributed by atoms with Crippen LogP contribution in [-0.2, 0) is 0 Å². The predicted molar refractivity (Wildman–Crippen MR) is 98.9 cm³/mol. The van der Waals surface area contributed by atoms with Crippen molar-refractivity contribution in [2.75, 3.05) is 26.2 Å². The van der Waals surface area contributed by atoms with Crippen LogP contribution in [0, 0.1) is 17.0 Å². The zero-order valence-corrected chi connectivity index (χ0v) is 15.0. The molecule has 5 nitrogen and oxygen atoms in total. The van der Waals surface area contributed by atoms with Crippen LogP contribution in [0.15, 0.2) is 30.9 Å². The van der Waals surface area contributed by atoms with Crippen molar-refractivity contribution in [3.05, 3.63) is 52.1 Å². The Hall–Kier alpha value is -1.14. The molecule has 23 heavy (non-hydrogen) atoms. The molecule has 0 saturated carbocycles. The number of benzene rings is 1. The van der Waals surface area contributed by atoms with Gasteiger partial charge in [-0.25, -0.2) is 0 Å². The maximum Gasteiger partial charge on any atom is 0.272 e. The maximum absolute atomic E-state index is 11.2. The zero-order valence-electron chi connectivity index (χ0n) is 13.4. The Bertz CT molecular complexity index is 520. The fourth-order valence-corrected chi connectivity index (χ4v) is 2.86. The number of hydrogen-bond donors (Lipinski definition) is 1. The normalized spacial score (nSPS) is 15.9. The number of hydrogen-bond acceptors (Lipinski definition) is 4. The van der Waals surface area contributed by atoms with E-state index in [4.69, 9.17) is 0 Å². The summed E-state index contributed by atoms with van der Waals surface area (Å²) in [5.41, 5.74) is 1.97. The summed E-state index contributed by atoms with van der Waals surface area (Å²) in [6, 6.07) is 5.85. The van der Waals surface area contributed by atoms with E-state index < -0.39 is 0 Å². The molecule has 0 spiro atoms. The predicted octanol–water partition coefficient (Wildman–Crippen LogP) is 3.66. The first-order valence-electron chi connectivity index (χ1n) is 7.44. The molecule has 0 unspecified atom stereocenters. The maximum atomic E-state index is 11.2. The highest BCUT2D eigenvalue weighted by atomic mass is 35.5. The molecule has 1 heterocycles. The van der Waals surface area contributed by atoms with Crippen molar-refractivity contribution in [1.29, 1.82) is 0 Å². The Morgan fingerprint density at radius 1 is 1.39 bits per heavy atom. The molecule has 1 aromatic carbocycles. The van der Waals surface area contributed by atoms with Gasteiger partial charge in [-0.05, 0) is 25.3 Å². The lowest BCUT2D eigenvalue weighted by atomic mass is 9.97. The molecule has 1 atom stereocenters. The summed E-state index contributed by atoms with van der Waals surface area (Å²) in [5, 5.41) is 14.5. The summed E-state index contributed by atoms with van der Waals surface area (Å²) in [7, 11) is 0. The van der Waals surface area contributed by atoms with Gasteiger partial charge in [-0.1, -0.05) is 18.2 Å². The summed E-state index contributed by atoms with van der Waals surface area (Å²) in [6.45, 7) is 9.47. The second-order valence-electron chi connectivity index (χ2n) is 5.47. The van der Waals surface area contributed by atoms with Crippen LogP contribution in [0.3, 0.4) is 0 Å². The van der Waals surface area contributed by atoms with Gasteiger partial charge in [0, 0.05) is 43.9 Å². The van der Waals surface area contributed by atoms with Crippen LogP contribution in [0.2, 0.25) is 0 Å². The molecular formula is C16H25Cl2N3O2. The largest absolute Gasteiger partial charge is 0.314 e. The first kappa shape index (κ1) is 21.9. The average molecular weight is 362 g/mol. The van der Waals surface area contributed by atoms with Gasteiger partial charge >= 0.3 is 0 Å². The van der Waals surface area contributed by atoms with Gasteiger partial charge in [0.2, 0.25) is 0 Å². The van der Waals surface area contributed by atoms with Gasteiger partial charge in [-0.2, -0.15) is 0 Å². The highest BCUT2D eigenvalue weighted by Crippen LogP contribution is 2.30. The molecule has 130 valence electrons. The number of allylic oxidation sites excluding steroid dienone is 1. The third-order valence-electron chi connectivity index (χ3n) is 4.05. The van der Waals surface area contributed by atoms with Crippen LogP contribution in [0.5, 0.6) is 0 Å². The van der Waals surface area contributed by atoms with E-state index in [2.05, 4.69) is 16.8 Å². The smallest absolute Gasteiger partial charge is 0.272 e. The monoisotopic (exact) mass is 361 g/mol. The van der Waals surface area contributed by atoms with E-state index in [0.717, 1.165) is 44.6 Å². The van der Waals surface area contributed by atoms with Crippen LogP contribution in [0.4, 0.5) is 5.69 Å². The Labute approximate surface area is 150 Å². The van der Waals surface area contributed by atoms with Gasteiger partial charge in [0.1, 0.15) is 0 Å². The van der Waals surface area contributed by atoms with E-state index in [9.17, 15) is 10.1 Å². The van der Waals surface area contributed by atoms with Crippen molar-refractivity contribution in [1.82, 2.24) is 10.2 Å². The molecule has 1 aromatic rings. The summed E-state index contributed by atoms with van der Waals surface area (Å²) in [4.78, 5) is 13.3. The Morgan fingerprint density at radius 3 is 2.61 bits per heavy atom. The minimum atomic E-state index is -0.291. The van der Waals surface area contributed by atoms with E-state index in [1.165, 1.54) is 0 Å². The van der Waals surface area contributed by atoms with Gasteiger partial charge in [-0.15, -0.1) is 31.4 Å². The first-order valence-corrected chi connectivity index (χ1v) is 7.44. The van der Waals surface area contributed by atoms with Crippen molar-refractivity contribution in [3.63, 3.8) is 0 Å². The molecule has 0 bridgehead atoms. The van der Waals surface area contributed by atoms with Gasteiger partial charge in [0.15, 0.2) is 0 Å². The topological polar surface area (TPSA) is 58.4 Å². The number of halogens is 2. The minimum Gasteiger partial charge on any atom is -0.314 e. The second kappa shape index (κ2) is 10.6. The van der Waals surface area contributed by atoms with Crippen molar-refractivity contribution in [2.45, 2.75) is 25.8 Å². The summed E-state index contributed by atoms with van der Waals surface area (Å²) in [6.07, 6.45) is 3.78. The molecule has 1 saturated heterocycles. The lowest BCUT2D eigenvalue weighted by Gasteiger charge is -2.35. The molecule has 1 N–H and O–H groups in total. The van der Waals surface area contributed by atoms with Gasteiger partial charge in [0.05, 0.1) is 4.92 Å². The number of rotatable bonds is 6. The average Bonchev–Trinajstić information content (AvgIpc) is 2.50. The lowest BCUT2D eigenvalue weighted by molar-refractivity contribution is -0.385. The summed E-state index contributed by atoms with van der Waals surface area (Å²) >= 11 is 0. The molecule has 1 fully saturated rings. The third kappa shape index (κ3) is 5.77. The number of aryl methyl sites for hydroxylation is 1. The molecular weight excluding hydrogens is 337 g/mol. The Morgan fingerprint density at radius 2 is 2.04 bits per heavy atom. The zero-order chi connectivity index (χ0) is 15.2. The summed E-state index contributed by atoms with van der Waals surface area (Å²) in [5.74, 6) is 0. The van der Waals surface area contributed by atoms with E-state index in [1.54, 1.807) is 13.0 Å². The van der Waals surface area contributed by atoms with Crippen LogP contribution >= 0.6 is 24.8 Å². The third-order valence-corrected chi connectivity index (χ3v) is 4.05. The lowest BCUT2D eigenvalue weighted by Crippen LogP contribution is -2.45. The van der Waals surface area contributed by atoms with E-state index in [-0.39, 0.29) is 41.5 Å². The molecule has 1 aliphatic rings. The van der Waals surface area contributed by atoms with Crippen LogP contribution in [0.25, 0.3) is 0 Å². The van der Waals surface area contributed by atoms with Gasteiger partial charge in [0.25, 0.3) is 5.69 Å². The van der Waals surface area contributed by atoms with Crippen molar-refractivity contribution in [3.8, 4) is 0 Å². The summed E-state index contributed by atoms with van der Waals surface area (Å²) < 4.78 is 0. The van der Waals surface area contributed by atoms with E-state index >= 15 is 0 Å². The minimum absolute atomic E-state index is 0. The number of nitrogens with one attached hydrogen (secondary N) is 1. The molecule has 2 rings (SSSR count). The fraction of sp³-hybridized carbons (Fsp3) is 0.500. The Balaban J connectivity index is 0.00000242. The van der Waals surface area contributed by atoms with Crippen LogP contribution in [-0.4, -0.2) is 36.0 Å². The number of nitro benzene ring substituents is 1. The molecule has 0 aromatic heterocycles. The molecule has 7 heteroatoms. The molecule has 0 aliphatic carbocycles. The quantitative estimate of drug-likeness (QED) is 0.477. The SMILES string of the molecule is C=CCC[C@H](c1ccc(C)c([N+](=O)[O-])c1)N1CCNCC1.Cl.Cl. The van der Waals surface area contributed by atoms with Crippen LogP contribution in [0.1, 0.15) is 30.0 Å². The fourth-order valence-electron chi connectivity index (χ4n) is 2.86. The van der Waals surface area contributed by atoms with Crippen molar-refractivity contribution in [2.24, 2.45) is 0 Å². The van der Waals surface area contributed by atoms with Crippen molar-refractivity contribution >= 4 is 30.5 Å². The van der Waals surface area contributed by atoms with Crippen molar-refractivity contribution < 1.29 is 4.92 Å². The highest BCUT2D eigenvalue weighted by molar-refractivity contribution is 5.85. The van der Waals surface area contributed by atoms with Crippen LogP contribution < -0.4 is 5.32 Å². The highest BCUT2D eigenvalue weighted by Gasteiger charge is 2.23. The van der Waals surface area contributed by atoms with E-state index in [1.807, 2.05) is 18.2 Å². The second-order valence-corrected chi connectivity index (χ2v) is 5.47. The van der Waals surface area contributed by atoms with Gasteiger partial charge in [-0.3, -0.25) is 15.0 Å². The standard InChI is InChI=1S/C16H23N3O2.2ClH/c1-3-4-5-15(18-10-8-17-9-11-18)14-7-6-13(2)16(12-14)19(20)21;;/h3,6-7,12,15,17H,1,4-5,8-11H2,2H3;2*1H/t15-;;/m1../s1. The molecule has 0 radical (unpaired) electrons. The van der Waals surface area contributed by atoms with Gasteiger partial charge < -0.3 is 5.32 Å². The molecule has 0 amide bonds. The molecule has 1 aliphatic heterocycles. The van der Waals surface area contributed by atoms with E-state index in [0.29, 0.717) is 5.56 Å². The Kier molecular flexibility index (Phi) is 10.1.